The van der Waals surface area contributed by atoms with Gasteiger partial charge >= 0.3 is 6.09 Å². The number of carbonyl (C=O) groups excluding carboxylic acids is 4. The van der Waals surface area contributed by atoms with Crippen molar-refractivity contribution in [3.05, 3.63) is 71.1 Å². The van der Waals surface area contributed by atoms with Gasteiger partial charge in [0, 0.05) is 22.5 Å². The Morgan fingerprint density at radius 2 is 1.76 bits per heavy atom. The second-order valence-corrected chi connectivity index (χ2v) is 12.0. The van der Waals surface area contributed by atoms with E-state index in [1.807, 2.05) is 12.1 Å². The van der Waals surface area contributed by atoms with Crippen LogP contribution in [0.2, 0.25) is 0 Å². The standard InChI is InChI=1S/C30H33N5O6S/c1-30(2,3)41-29(39)33-24(19-7-5-4-6-8-19)27(38)35-17-40-15-23(35)26(37)34-28-32-22(16-42-28)18-9-11-20(12-10-18)25(36)31-21-13-14-21/h4-12,16,21,23-24H,13-15,17H2,1-3H3,(H,31,36)(H,33,39)(H,32,34,37)/t23?,24-/m1/s1. The predicted molar refractivity (Wildman–Crippen MR) is 157 cm³/mol. The summed E-state index contributed by atoms with van der Waals surface area (Å²) < 4.78 is 10.9. The van der Waals surface area contributed by atoms with E-state index >= 15 is 0 Å². The first-order valence-corrected chi connectivity index (χ1v) is 14.6. The summed E-state index contributed by atoms with van der Waals surface area (Å²) >= 11 is 1.24. The number of carbonyl (C=O) groups is 4. The second-order valence-electron chi connectivity index (χ2n) is 11.2. The number of ether oxygens (including phenoxy) is 2. The summed E-state index contributed by atoms with van der Waals surface area (Å²) in [6.07, 6.45) is 1.29. The number of thiazole rings is 1. The molecule has 220 valence electrons. The molecular weight excluding hydrogens is 558 g/mol. The zero-order chi connectivity index (χ0) is 29.9. The summed E-state index contributed by atoms with van der Waals surface area (Å²) in [5.41, 5.74) is 1.81. The molecule has 2 fully saturated rings. The summed E-state index contributed by atoms with van der Waals surface area (Å²) in [5, 5.41) is 10.6. The number of rotatable bonds is 8. The average Bonchev–Trinajstić information content (AvgIpc) is 3.42. The van der Waals surface area contributed by atoms with Crippen molar-refractivity contribution in [1.29, 1.82) is 0 Å². The lowest BCUT2D eigenvalue weighted by molar-refractivity contribution is -0.139. The minimum absolute atomic E-state index is 0.00582. The minimum atomic E-state index is -1.08. The van der Waals surface area contributed by atoms with E-state index in [1.165, 1.54) is 16.2 Å². The van der Waals surface area contributed by atoms with Crippen LogP contribution in [-0.2, 0) is 19.1 Å². The van der Waals surface area contributed by atoms with Crippen LogP contribution in [0.5, 0.6) is 0 Å². The number of alkyl carbamates (subject to hydrolysis) is 1. The smallest absolute Gasteiger partial charge is 0.408 e. The van der Waals surface area contributed by atoms with Crippen molar-refractivity contribution in [3.63, 3.8) is 0 Å². The maximum atomic E-state index is 13.7. The molecule has 2 aromatic carbocycles. The van der Waals surface area contributed by atoms with Crippen LogP contribution in [0.4, 0.5) is 9.93 Å². The van der Waals surface area contributed by atoms with Gasteiger partial charge in [-0.05, 0) is 51.3 Å². The van der Waals surface area contributed by atoms with Gasteiger partial charge in [-0.3, -0.25) is 14.4 Å². The van der Waals surface area contributed by atoms with E-state index in [1.54, 1.807) is 68.6 Å². The van der Waals surface area contributed by atoms with E-state index in [0.29, 0.717) is 22.0 Å². The fourth-order valence-corrected chi connectivity index (χ4v) is 5.07. The van der Waals surface area contributed by atoms with Crippen LogP contribution in [0.25, 0.3) is 11.3 Å². The topological polar surface area (TPSA) is 139 Å². The third-order valence-corrected chi connectivity index (χ3v) is 7.36. The van der Waals surface area contributed by atoms with Gasteiger partial charge in [0.1, 0.15) is 24.4 Å². The van der Waals surface area contributed by atoms with Crippen LogP contribution in [0, 0.1) is 0 Å². The van der Waals surface area contributed by atoms with Gasteiger partial charge in [-0.15, -0.1) is 11.3 Å². The Bertz CT molecular complexity index is 1450. The molecule has 42 heavy (non-hydrogen) atoms. The average molecular weight is 592 g/mol. The molecule has 1 saturated heterocycles. The first-order valence-electron chi connectivity index (χ1n) is 13.7. The Balaban J connectivity index is 1.25. The van der Waals surface area contributed by atoms with Gasteiger partial charge in [0.25, 0.3) is 17.7 Å². The molecule has 12 heteroatoms. The van der Waals surface area contributed by atoms with Crippen LogP contribution < -0.4 is 16.0 Å². The maximum absolute atomic E-state index is 13.7. The lowest BCUT2D eigenvalue weighted by atomic mass is 10.0. The first-order chi connectivity index (χ1) is 20.1. The quantitative estimate of drug-likeness (QED) is 0.359. The van der Waals surface area contributed by atoms with Crippen molar-refractivity contribution < 1.29 is 28.7 Å². The Morgan fingerprint density at radius 1 is 1.05 bits per heavy atom. The lowest BCUT2D eigenvalue weighted by Crippen LogP contribution is -2.50. The molecule has 1 unspecified atom stereocenters. The van der Waals surface area contributed by atoms with Gasteiger partial charge in [0.05, 0.1) is 12.3 Å². The van der Waals surface area contributed by atoms with E-state index in [0.717, 1.165) is 18.4 Å². The Hall–Kier alpha value is -4.29. The van der Waals surface area contributed by atoms with Crippen LogP contribution in [0.3, 0.4) is 0 Å². The van der Waals surface area contributed by atoms with Gasteiger partial charge in [-0.1, -0.05) is 42.5 Å². The van der Waals surface area contributed by atoms with E-state index < -0.39 is 35.6 Å². The fourth-order valence-electron chi connectivity index (χ4n) is 4.34. The molecule has 0 radical (unpaired) electrons. The van der Waals surface area contributed by atoms with Crippen LogP contribution in [0.1, 0.15) is 55.6 Å². The summed E-state index contributed by atoms with van der Waals surface area (Å²) in [6.45, 7) is 5.07. The molecule has 3 aromatic rings. The number of hydrogen-bond acceptors (Lipinski definition) is 8. The first kappa shape index (κ1) is 29.2. The van der Waals surface area contributed by atoms with Gasteiger partial charge in [-0.2, -0.15) is 0 Å². The van der Waals surface area contributed by atoms with Crippen LogP contribution >= 0.6 is 11.3 Å². The number of nitrogens with one attached hydrogen (secondary N) is 3. The third kappa shape index (κ3) is 7.31. The number of nitrogens with zero attached hydrogens (tertiary/aromatic N) is 2. The summed E-state index contributed by atoms with van der Waals surface area (Å²) in [7, 11) is 0. The maximum Gasteiger partial charge on any atom is 0.408 e. The molecule has 11 nitrogen and oxygen atoms in total. The van der Waals surface area contributed by atoms with Gasteiger partial charge in [0.2, 0.25) is 0 Å². The van der Waals surface area contributed by atoms with Gasteiger partial charge < -0.3 is 30.3 Å². The lowest BCUT2D eigenvalue weighted by Gasteiger charge is -2.28. The normalized spacial score (nSPS) is 17.3. The predicted octanol–water partition coefficient (Wildman–Crippen LogP) is 4.09. The number of anilines is 1. The van der Waals surface area contributed by atoms with E-state index in [-0.39, 0.29) is 25.3 Å². The molecular formula is C30H33N5O6S. The highest BCUT2D eigenvalue weighted by atomic mass is 32.1. The van der Waals surface area contributed by atoms with Gasteiger partial charge in [0.15, 0.2) is 5.13 Å². The second kappa shape index (κ2) is 12.3. The molecule has 3 N–H and O–H groups in total. The zero-order valence-electron chi connectivity index (χ0n) is 23.6. The fraction of sp³-hybridized carbons (Fsp3) is 0.367. The minimum Gasteiger partial charge on any atom is -0.444 e. The Morgan fingerprint density at radius 3 is 2.43 bits per heavy atom. The zero-order valence-corrected chi connectivity index (χ0v) is 24.4. The molecule has 1 saturated carbocycles. The monoisotopic (exact) mass is 591 g/mol. The molecule has 0 bridgehead atoms. The Kier molecular flexibility index (Phi) is 8.55. The number of aromatic nitrogens is 1. The SMILES string of the molecule is CC(C)(C)OC(=O)N[C@@H](C(=O)N1COCC1C(=O)Nc1nc(-c2ccc(C(=O)NC3CC3)cc2)cs1)c1ccccc1. The van der Waals surface area contributed by atoms with Crippen molar-refractivity contribution in [3.8, 4) is 11.3 Å². The molecule has 4 amide bonds. The van der Waals surface area contributed by atoms with Crippen molar-refractivity contribution >= 4 is 40.3 Å². The van der Waals surface area contributed by atoms with Crippen molar-refractivity contribution in [2.45, 2.75) is 57.3 Å². The van der Waals surface area contributed by atoms with Crippen molar-refractivity contribution in [2.75, 3.05) is 18.7 Å². The highest BCUT2D eigenvalue weighted by molar-refractivity contribution is 7.14. The molecule has 1 aliphatic carbocycles. The summed E-state index contributed by atoms with van der Waals surface area (Å²) in [6, 6.07) is 14.1. The molecule has 5 rings (SSSR count). The number of benzene rings is 2. The third-order valence-electron chi connectivity index (χ3n) is 6.60. The van der Waals surface area contributed by atoms with Gasteiger partial charge in [-0.25, -0.2) is 9.78 Å². The van der Waals surface area contributed by atoms with Crippen molar-refractivity contribution in [1.82, 2.24) is 20.5 Å². The summed E-state index contributed by atoms with van der Waals surface area (Å²) in [5.74, 6) is -1.06. The molecule has 2 atom stereocenters. The number of hydrogen-bond donors (Lipinski definition) is 3. The highest BCUT2D eigenvalue weighted by Gasteiger charge is 2.40. The van der Waals surface area contributed by atoms with E-state index in [9.17, 15) is 19.2 Å². The largest absolute Gasteiger partial charge is 0.444 e. The molecule has 2 aliphatic rings. The molecule has 0 spiro atoms. The van der Waals surface area contributed by atoms with E-state index in [2.05, 4.69) is 20.9 Å². The van der Waals surface area contributed by atoms with Crippen LogP contribution in [0.15, 0.2) is 60.0 Å². The highest BCUT2D eigenvalue weighted by Crippen LogP contribution is 2.27. The molecule has 1 aromatic heterocycles. The number of amides is 4. The van der Waals surface area contributed by atoms with E-state index in [4.69, 9.17) is 9.47 Å². The Labute approximate surface area is 247 Å². The molecule has 2 heterocycles. The molecule has 1 aliphatic heterocycles. The van der Waals surface area contributed by atoms with Crippen molar-refractivity contribution in [2.24, 2.45) is 0 Å². The summed E-state index contributed by atoms with van der Waals surface area (Å²) in [4.78, 5) is 57.6. The van der Waals surface area contributed by atoms with Crippen LogP contribution in [-0.4, -0.2) is 64.7 Å².